The summed E-state index contributed by atoms with van der Waals surface area (Å²) in [5.74, 6) is 0.0756. The first kappa shape index (κ1) is 17.3. The molecule has 1 N–H and O–H groups in total. The monoisotopic (exact) mass is 342 g/mol. The number of nitrogens with zero attached hydrogens (tertiary/aromatic N) is 1. The molecular weight excluding hydrogens is 320 g/mol. The minimum Gasteiger partial charge on any atom is -0.337 e. The van der Waals surface area contributed by atoms with Crippen molar-refractivity contribution in [2.75, 3.05) is 19.3 Å². The van der Waals surface area contributed by atoms with Crippen LogP contribution in [0.5, 0.6) is 0 Å². The second-order valence-corrected chi connectivity index (χ2v) is 8.75. The van der Waals surface area contributed by atoms with E-state index in [4.69, 9.17) is 0 Å². The summed E-state index contributed by atoms with van der Waals surface area (Å²) in [5, 5.41) is -0.179. The van der Waals surface area contributed by atoms with Crippen molar-refractivity contribution in [3.8, 4) is 0 Å². The molecule has 122 valence electrons. The van der Waals surface area contributed by atoms with Crippen LogP contribution in [0.3, 0.4) is 0 Å². The molecule has 1 aliphatic rings. The van der Waals surface area contributed by atoms with Crippen LogP contribution in [-0.2, 0) is 14.8 Å². The zero-order valence-corrected chi connectivity index (χ0v) is 14.5. The Morgan fingerprint density at radius 2 is 2.00 bits per heavy atom. The van der Waals surface area contributed by atoms with E-state index in [9.17, 15) is 13.2 Å². The van der Waals surface area contributed by atoms with Gasteiger partial charge in [0.15, 0.2) is 0 Å². The lowest BCUT2D eigenvalue weighted by Gasteiger charge is -2.25. The molecule has 7 heteroatoms. The van der Waals surface area contributed by atoms with Crippen molar-refractivity contribution in [1.82, 2.24) is 9.62 Å². The molecule has 0 aliphatic heterocycles. The molecule has 0 aromatic heterocycles. The highest BCUT2D eigenvalue weighted by atomic mass is 32.2. The number of hydrogen-bond donors (Lipinski definition) is 1. The first-order chi connectivity index (χ1) is 10.4. The van der Waals surface area contributed by atoms with Crippen LogP contribution >= 0.6 is 11.8 Å². The van der Waals surface area contributed by atoms with Crippen LogP contribution in [0.25, 0.3) is 0 Å². The molecule has 2 rings (SSSR count). The van der Waals surface area contributed by atoms with E-state index in [-0.39, 0.29) is 23.7 Å². The second kappa shape index (κ2) is 7.48. The Bertz CT molecular complexity index is 600. The lowest BCUT2D eigenvalue weighted by Crippen LogP contribution is -2.43. The van der Waals surface area contributed by atoms with Crippen molar-refractivity contribution in [3.05, 3.63) is 30.3 Å². The number of nitrogens with one attached hydrogen (secondary N) is 1. The predicted octanol–water partition coefficient (Wildman–Crippen LogP) is 1.71. The standard InChI is InChI=1S/C15H22N2O3S2/c1-12(21-14-6-4-3-5-7-14)15(18)17(13-8-9-13)11-10-16-22(2,19)20/h3-7,12-13,16H,8-11H2,1-2H3/t12-/m0/s1. The Morgan fingerprint density at radius 3 is 2.55 bits per heavy atom. The summed E-state index contributed by atoms with van der Waals surface area (Å²) in [4.78, 5) is 15.5. The van der Waals surface area contributed by atoms with Gasteiger partial charge < -0.3 is 4.90 Å². The molecule has 1 aliphatic carbocycles. The topological polar surface area (TPSA) is 66.5 Å². The minimum absolute atomic E-state index is 0.0756. The number of amides is 1. The largest absolute Gasteiger partial charge is 0.337 e. The molecule has 1 amide bonds. The summed E-state index contributed by atoms with van der Waals surface area (Å²) in [6.07, 6.45) is 3.14. The maximum Gasteiger partial charge on any atom is 0.236 e. The van der Waals surface area contributed by atoms with Crippen LogP contribution in [0.1, 0.15) is 19.8 Å². The summed E-state index contributed by atoms with van der Waals surface area (Å²) in [7, 11) is -3.21. The summed E-state index contributed by atoms with van der Waals surface area (Å²) in [6, 6.07) is 10.1. The average Bonchev–Trinajstić information content (AvgIpc) is 3.27. The molecule has 0 radical (unpaired) electrons. The van der Waals surface area contributed by atoms with Gasteiger partial charge in [0.1, 0.15) is 0 Å². The van der Waals surface area contributed by atoms with E-state index in [2.05, 4.69) is 4.72 Å². The molecule has 0 saturated heterocycles. The molecule has 1 atom stereocenters. The van der Waals surface area contributed by atoms with Gasteiger partial charge in [0.25, 0.3) is 0 Å². The van der Waals surface area contributed by atoms with E-state index in [1.165, 1.54) is 11.8 Å². The Morgan fingerprint density at radius 1 is 1.36 bits per heavy atom. The van der Waals surface area contributed by atoms with Gasteiger partial charge in [-0.25, -0.2) is 13.1 Å². The van der Waals surface area contributed by atoms with Crippen molar-refractivity contribution < 1.29 is 13.2 Å². The smallest absolute Gasteiger partial charge is 0.236 e. The van der Waals surface area contributed by atoms with Gasteiger partial charge >= 0.3 is 0 Å². The predicted molar refractivity (Wildman–Crippen MR) is 89.3 cm³/mol. The molecule has 1 fully saturated rings. The molecular formula is C15H22N2O3S2. The summed E-state index contributed by atoms with van der Waals surface area (Å²) < 4.78 is 24.7. The molecule has 1 saturated carbocycles. The maximum absolute atomic E-state index is 12.6. The minimum atomic E-state index is -3.21. The highest BCUT2D eigenvalue weighted by Crippen LogP contribution is 2.30. The summed E-state index contributed by atoms with van der Waals surface area (Å²) >= 11 is 1.53. The Labute approximate surface area is 136 Å². The van der Waals surface area contributed by atoms with E-state index in [0.717, 1.165) is 24.0 Å². The lowest BCUT2D eigenvalue weighted by molar-refractivity contribution is -0.130. The fraction of sp³-hybridized carbons (Fsp3) is 0.533. The Hall–Kier alpha value is -1.05. The fourth-order valence-corrected chi connectivity index (χ4v) is 3.62. The van der Waals surface area contributed by atoms with Gasteiger partial charge in [0.2, 0.25) is 15.9 Å². The zero-order chi connectivity index (χ0) is 16.2. The van der Waals surface area contributed by atoms with Crippen LogP contribution in [0.2, 0.25) is 0 Å². The van der Waals surface area contributed by atoms with E-state index < -0.39 is 10.0 Å². The number of carbonyl (C=O) groups is 1. The first-order valence-electron chi connectivity index (χ1n) is 7.33. The van der Waals surface area contributed by atoms with E-state index in [1.807, 2.05) is 42.2 Å². The number of rotatable bonds is 8. The third-order valence-electron chi connectivity index (χ3n) is 3.39. The number of benzene rings is 1. The molecule has 0 unspecified atom stereocenters. The molecule has 22 heavy (non-hydrogen) atoms. The van der Waals surface area contributed by atoms with Crippen LogP contribution < -0.4 is 4.72 Å². The maximum atomic E-state index is 12.6. The Kier molecular flexibility index (Phi) is 5.88. The number of hydrogen-bond acceptors (Lipinski definition) is 4. The molecule has 0 spiro atoms. The first-order valence-corrected chi connectivity index (χ1v) is 10.1. The molecule has 0 heterocycles. The van der Waals surface area contributed by atoms with Crippen LogP contribution in [0, 0.1) is 0 Å². The van der Waals surface area contributed by atoms with Crippen LogP contribution in [0.4, 0.5) is 0 Å². The van der Waals surface area contributed by atoms with Crippen LogP contribution in [-0.4, -0.2) is 49.9 Å². The van der Waals surface area contributed by atoms with Gasteiger partial charge in [-0.2, -0.15) is 0 Å². The van der Waals surface area contributed by atoms with E-state index in [1.54, 1.807) is 0 Å². The van der Waals surface area contributed by atoms with Gasteiger partial charge in [0, 0.05) is 24.0 Å². The number of carbonyl (C=O) groups excluding carboxylic acids is 1. The van der Waals surface area contributed by atoms with Crippen molar-refractivity contribution in [3.63, 3.8) is 0 Å². The van der Waals surface area contributed by atoms with Gasteiger partial charge in [0.05, 0.1) is 11.5 Å². The van der Waals surface area contributed by atoms with E-state index in [0.29, 0.717) is 6.54 Å². The van der Waals surface area contributed by atoms with Crippen molar-refractivity contribution in [2.45, 2.75) is 36.0 Å². The molecule has 1 aromatic rings. The van der Waals surface area contributed by atoms with Crippen LogP contribution in [0.15, 0.2) is 35.2 Å². The SMILES string of the molecule is C[C@H](Sc1ccccc1)C(=O)N(CCNS(C)(=O)=O)C1CC1. The van der Waals surface area contributed by atoms with Gasteiger partial charge in [-0.05, 0) is 31.9 Å². The number of thioether (sulfide) groups is 1. The lowest BCUT2D eigenvalue weighted by atomic mass is 10.3. The highest BCUT2D eigenvalue weighted by molar-refractivity contribution is 8.00. The van der Waals surface area contributed by atoms with Crippen molar-refractivity contribution in [2.24, 2.45) is 0 Å². The average molecular weight is 342 g/mol. The van der Waals surface area contributed by atoms with Crippen molar-refractivity contribution >= 4 is 27.7 Å². The third kappa shape index (κ3) is 5.62. The van der Waals surface area contributed by atoms with Gasteiger partial charge in [-0.3, -0.25) is 4.79 Å². The molecule has 1 aromatic carbocycles. The third-order valence-corrected chi connectivity index (χ3v) is 5.22. The quantitative estimate of drug-likeness (QED) is 0.731. The second-order valence-electron chi connectivity index (χ2n) is 5.50. The zero-order valence-electron chi connectivity index (χ0n) is 12.9. The van der Waals surface area contributed by atoms with Gasteiger partial charge in [-0.15, -0.1) is 11.8 Å². The van der Waals surface area contributed by atoms with E-state index >= 15 is 0 Å². The summed E-state index contributed by atoms with van der Waals surface area (Å²) in [5.41, 5.74) is 0. The molecule has 5 nitrogen and oxygen atoms in total. The van der Waals surface area contributed by atoms with Gasteiger partial charge in [-0.1, -0.05) is 18.2 Å². The number of sulfonamides is 1. The van der Waals surface area contributed by atoms with Crippen molar-refractivity contribution in [1.29, 1.82) is 0 Å². The summed E-state index contributed by atoms with van der Waals surface area (Å²) in [6.45, 7) is 2.60. The Balaban J connectivity index is 1.91. The molecule has 0 bridgehead atoms. The highest BCUT2D eigenvalue weighted by Gasteiger charge is 2.34. The fourth-order valence-electron chi connectivity index (χ4n) is 2.20. The normalized spacial score (nSPS) is 16.3.